The molecular formula is C16H23NO. The summed E-state index contributed by atoms with van der Waals surface area (Å²) in [6.07, 6.45) is 5.75. The molecule has 0 aliphatic heterocycles. The smallest absolute Gasteiger partial charge is 0.141 e. The lowest BCUT2D eigenvalue weighted by Crippen LogP contribution is -1.88. The number of phenolic OH excluding ortho intramolecular Hbond substituents is 1. The Morgan fingerprint density at radius 2 is 1.89 bits per heavy atom. The SMILES string of the molecule is CCCC(C)CC.Oc1cccc2cccnc12. The summed E-state index contributed by atoms with van der Waals surface area (Å²) in [6.45, 7) is 6.80. The molecule has 0 aliphatic rings. The number of rotatable bonds is 3. The minimum atomic E-state index is 0.239. The maximum atomic E-state index is 9.31. The van der Waals surface area contributed by atoms with Crippen molar-refractivity contribution in [3.8, 4) is 5.75 Å². The van der Waals surface area contributed by atoms with E-state index in [1.807, 2.05) is 18.2 Å². The molecular weight excluding hydrogens is 222 g/mol. The molecule has 0 spiro atoms. The summed E-state index contributed by atoms with van der Waals surface area (Å²) >= 11 is 0. The van der Waals surface area contributed by atoms with Crippen molar-refractivity contribution in [3.63, 3.8) is 0 Å². The minimum absolute atomic E-state index is 0.239. The number of hydrogen-bond donors (Lipinski definition) is 1. The number of aromatic hydroxyl groups is 1. The molecule has 1 heterocycles. The number of aromatic nitrogens is 1. The Balaban J connectivity index is 0.000000203. The Kier molecular flexibility index (Phi) is 6.20. The van der Waals surface area contributed by atoms with E-state index in [1.165, 1.54) is 19.3 Å². The maximum absolute atomic E-state index is 9.31. The summed E-state index contributed by atoms with van der Waals surface area (Å²) in [5.41, 5.74) is 0.662. The highest BCUT2D eigenvalue weighted by Crippen LogP contribution is 2.20. The van der Waals surface area contributed by atoms with Crippen LogP contribution in [-0.2, 0) is 0 Å². The van der Waals surface area contributed by atoms with E-state index in [9.17, 15) is 5.11 Å². The Bertz CT molecular complexity index is 462. The van der Waals surface area contributed by atoms with Gasteiger partial charge in [-0.25, -0.2) is 0 Å². The standard InChI is InChI=1S/C9H7NO.C7H16/c11-8-5-1-3-7-4-2-6-10-9(7)8;1-4-6-7(3)5-2/h1-6,11H;7H,4-6H2,1-3H3. The van der Waals surface area contributed by atoms with E-state index in [0.29, 0.717) is 5.52 Å². The lowest BCUT2D eigenvalue weighted by molar-refractivity contribution is 0.480. The molecule has 1 unspecified atom stereocenters. The monoisotopic (exact) mass is 245 g/mol. The fourth-order valence-electron chi connectivity index (χ4n) is 1.79. The largest absolute Gasteiger partial charge is 0.506 e. The Morgan fingerprint density at radius 3 is 2.44 bits per heavy atom. The minimum Gasteiger partial charge on any atom is -0.506 e. The molecule has 2 aromatic rings. The molecule has 1 aromatic carbocycles. The molecule has 0 fully saturated rings. The zero-order valence-electron chi connectivity index (χ0n) is 11.6. The van der Waals surface area contributed by atoms with Gasteiger partial charge in [-0.2, -0.15) is 0 Å². The first-order chi connectivity index (χ1) is 8.69. The van der Waals surface area contributed by atoms with Gasteiger partial charge in [0.05, 0.1) is 0 Å². The van der Waals surface area contributed by atoms with Crippen LogP contribution in [0.1, 0.15) is 40.0 Å². The van der Waals surface area contributed by atoms with Crippen molar-refractivity contribution in [1.82, 2.24) is 4.98 Å². The third-order valence-electron chi connectivity index (χ3n) is 3.09. The molecule has 0 radical (unpaired) electrons. The summed E-state index contributed by atoms with van der Waals surface area (Å²) in [5, 5.41) is 10.3. The molecule has 2 rings (SSSR count). The Hall–Kier alpha value is -1.57. The fraction of sp³-hybridized carbons (Fsp3) is 0.438. The molecule has 0 bridgehead atoms. The highest BCUT2D eigenvalue weighted by molar-refractivity contribution is 5.83. The second-order valence-corrected chi connectivity index (χ2v) is 4.65. The number of nitrogens with zero attached hydrogens (tertiary/aromatic N) is 1. The van der Waals surface area contributed by atoms with Gasteiger partial charge in [-0.05, 0) is 18.1 Å². The van der Waals surface area contributed by atoms with E-state index in [-0.39, 0.29) is 5.75 Å². The van der Waals surface area contributed by atoms with Gasteiger partial charge < -0.3 is 5.11 Å². The molecule has 1 N–H and O–H groups in total. The van der Waals surface area contributed by atoms with E-state index < -0.39 is 0 Å². The van der Waals surface area contributed by atoms with E-state index in [0.717, 1.165) is 11.3 Å². The van der Waals surface area contributed by atoms with E-state index in [2.05, 4.69) is 25.8 Å². The van der Waals surface area contributed by atoms with Crippen molar-refractivity contribution in [2.24, 2.45) is 5.92 Å². The van der Waals surface area contributed by atoms with Crippen molar-refractivity contribution < 1.29 is 5.11 Å². The third-order valence-corrected chi connectivity index (χ3v) is 3.09. The molecule has 0 saturated carbocycles. The average Bonchev–Trinajstić information content (AvgIpc) is 2.40. The highest BCUT2D eigenvalue weighted by Gasteiger charge is 1.96. The van der Waals surface area contributed by atoms with Gasteiger partial charge in [-0.1, -0.05) is 58.2 Å². The lowest BCUT2D eigenvalue weighted by Gasteiger charge is -2.02. The van der Waals surface area contributed by atoms with Gasteiger partial charge in [0.25, 0.3) is 0 Å². The molecule has 2 heteroatoms. The second-order valence-electron chi connectivity index (χ2n) is 4.65. The first-order valence-electron chi connectivity index (χ1n) is 6.71. The number of benzene rings is 1. The summed E-state index contributed by atoms with van der Waals surface area (Å²) in [4.78, 5) is 4.03. The van der Waals surface area contributed by atoms with Crippen LogP contribution in [-0.4, -0.2) is 10.1 Å². The Morgan fingerprint density at radius 1 is 1.17 bits per heavy atom. The number of para-hydroxylation sites is 1. The molecule has 98 valence electrons. The van der Waals surface area contributed by atoms with Crippen LogP contribution in [0.2, 0.25) is 0 Å². The zero-order valence-corrected chi connectivity index (χ0v) is 11.6. The number of phenols is 1. The first-order valence-corrected chi connectivity index (χ1v) is 6.71. The molecule has 0 amide bonds. The normalized spacial score (nSPS) is 11.7. The summed E-state index contributed by atoms with van der Waals surface area (Å²) in [5.74, 6) is 1.19. The van der Waals surface area contributed by atoms with Crippen molar-refractivity contribution in [2.45, 2.75) is 40.0 Å². The maximum Gasteiger partial charge on any atom is 0.141 e. The second kappa shape index (κ2) is 7.70. The van der Waals surface area contributed by atoms with Gasteiger partial charge in [0.1, 0.15) is 11.3 Å². The van der Waals surface area contributed by atoms with Crippen LogP contribution in [0.4, 0.5) is 0 Å². The van der Waals surface area contributed by atoms with Crippen LogP contribution in [0.25, 0.3) is 10.9 Å². The lowest BCUT2D eigenvalue weighted by atomic mass is 10.0. The number of fused-ring (bicyclic) bond motifs is 1. The molecule has 18 heavy (non-hydrogen) atoms. The van der Waals surface area contributed by atoms with Crippen molar-refractivity contribution >= 4 is 10.9 Å². The van der Waals surface area contributed by atoms with Gasteiger partial charge >= 0.3 is 0 Å². The summed E-state index contributed by atoms with van der Waals surface area (Å²) in [7, 11) is 0. The zero-order chi connectivity index (χ0) is 13.4. The van der Waals surface area contributed by atoms with Crippen molar-refractivity contribution in [3.05, 3.63) is 36.5 Å². The van der Waals surface area contributed by atoms with Gasteiger partial charge in [0.15, 0.2) is 0 Å². The van der Waals surface area contributed by atoms with Crippen molar-refractivity contribution in [2.75, 3.05) is 0 Å². The van der Waals surface area contributed by atoms with Crippen LogP contribution in [0.15, 0.2) is 36.5 Å². The summed E-state index contributed by atoms with van der Waals surface area (Å²) in [6, 6.07) is 9.13. The van der Waals surface area contributed by atoms with E-state index in [1.54, 1.807) is 18.3 Å². The van der Waals surface area contributed by atoms with Crippen LogP contribution < -0.4 is 0 Å². The van der Waals surface area contributed by atoms with E-state index in [4.69, 9.17) is 0 Å². The van der Waals surface area contributed by atoms with Gasteiger partial charge in [-0.15, -0.1) is 0 Å². The quantitative estimate of drug-likeness (QED) is 0.844. The van der Waals surface area contributed by atoms with Crippen LogP contribution in [0.5, 0.6) is 5.75 Å². The summed E-state index contributed by atoms with van der Waals surface area (Å²) < 4.78 is 0. The topological polar surface area (TPSA) is 33.1 Å². The van der Waals surface area contributed by atoms with Crippen molar-refractivity contribution in [1.29, 1.82) is 0 Å². The fourth-order valence-corrected chi connectivity index (χ4v) is 1.79. The molecule has 0 aliphatic carbocycles. The Labute approximate surface area is 110 Å². The predicted molar refractivity (Wildman–Crippen MR) is 77.8 cm³/mol. The molecule has 1 aromatic heterocycles. The first kappa shape index (κ1) is 14.5. The van der Waals surface area contributed by atoms with Gasteiger partial charge in [0.2, 0.25) is 0 Å². The van der Waals surface area contributed by atoms with Gasteiger partial charge in [0, 0.05) is 11.6 Å². The number of pyridine rings is 1. The third kappa shape index (κ3) is 4.36. The molecule has 0 saturated heterocycles. The number of hydrogen-bond acceptors (Lipinski definition) is 2. The average molecular weight is 245 g/mol. The van der Waals surface area contributed by atoms with Gasteiger partial charge in [-0.3, -0.25) is 4.98 Å². The van der Waals surface area contributed by atoms with Crippen LogP contribution in [0.3, 0.4) is 0 Å². The van der Waals surface area contributed by atoms with Crippen LogP contribution >= 0.6 is 0 Å². The van der Waals surface area contributed by atoms with Crippen LogP contribution in [0, 0.1) is 5.92 Å². The predicted octanol–water partition coefficient (Wildman–Crippen LogP) is 4.77. The van der Waals surface area contributed by atoms with E-state index >= 15 is 0 Å². The molecule has 1 atom stereocenters. The molecule has 2 nitrogen and oxygen atoms in total. The highest BCUT2D eigenvalue weighted by atomic mass is 16.3.